The van der Waals surface area contributed by atoms with Gasteiger partial charge in [0, 0.05) is 11.1 Å². The van der Waals surface area contributed by atoms with Crippen molar-refractivity contribution in [2.75, 3.05) is 5.75 Å². The van der Waals surface area contributed by atoms with Gasteiger partial charge in [-0.15, -0.1) is 0 Å². The van der Waals surface area contributed by atoms with E-state index >= 15 is 0 Å². The lowest BCUT2D eigenvalue weighted by Crippen LogP contribution is -2.41. The topological polar surface area (TPSA) is 72.7 Å². The Hall–Kier alpha value is -3.19. The molecular weight excluding hydrogens is 418 g/mol. The van der Waals surface area contributed by atoms with Crippen LogP contribution in [0.3, 0.4) is 0 Å². The first-order chi connectivity index (χ1) is 15.4. The van der Waals surface area contributed by atoms with Crippen LogP contribution in [0, 0.1) is 0 Å². The van der Waals surface area contributed by atoms with Crippen LogP contribution in [0.5, 0.6) is 0 Å². The number of thioether (sulfide) groups is 1. The van der Waals surface area contributed by atoms with Crippen molar-refractivity contribution in [1.29, 1.82) is 0 Å². The molecule has 4 aromatic rings. The van der Waals surface area contributed by atoms with Crippen LogP contribution in [0.4, 0.5) is 0 Å². The number of aryl methyl sites for hydroxylation is 1. The summed E-state index contributed by atoms with van der Waals surface area (Å²) in [6.45, 7) is 8.00. The van der Waals surface area contributed by atoms with E-state index in [1.165, 1.54) is 11.8 Å². The summed E-state index contributed by atoms with van der Waals surface area (Å²) < 4.78 is 1.88. The third kappa shape index (κ3) is 4.83. The maximum Gasteiger partial charge on any atom is 0.230 e. The molecular formula is C25H27N5OS. The lowest BCUT2D eigenvalue weighted by atomic mass is 10.1. The number of carbonyl (C=O) groups excluding carboxylic acids is 1. The number of benzene rings is 2. The van der Waals surface area contributed by atoms with Crippen molar-refractivity contribution >= 4 is 28.7 Å². The first kappa shape index (κ1) is 22.0. The fraction of sp³-hybridized carbons (Fsp3) is 0.280. The number of amides is 1. The quantitative estimate of drug-likeness (QED) is 0.332. The van der Waals surface area contributed by atoms with Crippen molar-refractivity contribution in [1.82, 2.24) is 25.1 Å². The van der Waals surface area contributed by atoms with Gasteiger partial charge in [0.15, 0.2) is 11.5 Å². The maximum atomic E-state index is 12.5. The van der Waals surface area contributed by atoms with Crippen molar-refractivity contribution in [3.05, 3.63) is 66.4 Å². The first-order valence-corrected chi connectivity index (χ1v) is 11.7. The second-order valence-corrected chi connectivity index (χ2v) is 9.52. The number of carbonyl (C=O) groups is 1. The standard InChI is InChI=1S/C25H27N5OS/c1-5-19-21-23(30(29-19)18-14-10-7-11-15-18)26-22(17-12-8-6-9-13-17)27-24(21)32-16-20(31)28-25(2,3)4/h6-15H,5,16H2,1-4H3,(H,28,31). The molecule has 1 amide bonds. The van der Waals surface area contributed by atoms with E-state index in [-0.39, 0.29) is 17.2 Å². The van der Waals surface area contributed by atoms with Crippen LogP contribution in [0.1, 0.15) is 33.4 Å². The molecule has 2 aromatic heterocycles. The molecule has 0 aliphatic heterocycles. The van der Waals surface area contributed by atoms with Crippen LogP contribution in [0.2, 0.25) is 0 Å². The third-order valence-corrected chi connectivity index (χ3v) is 5.76. The molecule has 0 saturated carbocycles. The van der Waals surface area contributed by atoms with Crippen molar-refractivity contribution in [3.8, 4) is 17.1 Å². The zero-order valence-corrected chi connectivity index (χ0v) is 19.6. The molecule has 2 heterocycles. The molecule has 1 N–H and O–H groups in total. The predicted molar refractivity (Wildman–Crippen MR) is 130 cm³/mol. The molecule has 0 aliphatic carbocycles. The van der Waals surface area contributed by atoms with Crippen LogP contribution < -0.4 is 5.32 Å². The molecule has 2 aromatic carbocycles. The van der Waals surface area contributed by atoms with Crippen LogP contribution >= 0.6 is 11.8 Å². The van der Waals surface area contributed by atoms with Gasteiger partial charge in [-0.05, 0) is 39.3 Å². The molecule has 4 rings (SSSR count). The monoisotopic (exact) mass is 445 g/mol. The highest BCUT2D eigenvalue weighted by Gasteiger charge is 2.21. The number of fused-ring (bicyclic) bond motifs is 1. The minimum Gasteiger partial charge on any atom is -0.351 e. The van der Waals surface area contributed by atoms with E-state index < -0.39 is 0 Å². The fourth-order valence-electron chi connectivity index (χ4n) is 3.46. The molecule has 7 heteroatoms. The van der Waals surface area contributed by atoms with Crippen molar-refractivity contribution in [2.24, 2.45) is 0 Å². The van der Waals surface area contributed by atoms with E-state index in [1.807, 2.05) is 86.1 Å². The van der Waals surface area contributed by atoms with Gasteiger partial charge < -0.3 is 5.32 Å². The molecule has 0 atom stereocenters. The lowest BCUT2D eigenvalue weighted by molar-refractivity contribution is -0.119. The van der Waals surface area contributed by atoms with Crippen molar-refractivity contribution < 1.29 is 4.79 Å². The minimum atomic E-state index is -0.277. The van der Waals surface area contributed by atoms with Gasteiger partial charge in [-0.2, -0.15) is 5.10 Å². The Balaban J connectivity index is 1.85. The van der Waals surface area contributed by atoms with Crippen LogP contribution in [-0.4, -0.2) is 36.9 Å². The van der Waals surface area contributed by atoms with E-state index in [4.69, 9.17) is 15.1 Å². The normalized spacial score (nSPS) is 11.6. The number of rotatable bonds is 6. The van der Waals surface area contributed by atoms with E-state index in [0.717, 1.165) is 39.4 Å². The fourth-order valence-corrected chi connectivity index (χ4v) is 4.30. The molecule has 0 radical (unpaired) electrons. The van der Waals surface area contributed by atoms with E-state index in [0.29, 0.717) is 5.82 Å². The highest BCUT2D eigenvalue weighted by atomic mass is 32.2. The summed E-state index contributed by atoms with van der Waals surface area (Å²) in [5.41, 5.74) is 3.26. The van der Waals surface area contributed by atoms with E-state index in [9.17, 15) is 4.79 Å². The van der Waals surface area contributed by atoms with Crippen molar-refractivity contribution in [2.45, 2.75) is 44.7 Å². The van der Waals surface area contributed by atoms with Gasteiger partial charge in [-0.25, -0.2) is 14.6 Å². The number of aromatic nitrogens is 4. The molecule has 0 fully saturated rings. The Morgan fingerprint density at radius 3 is 2.28 bits per heavy atom. The van der Waals surface area contributed by atoms with Gasteiger partial charge in [0.05, 0.1) is 22.5 Å². The molecule has 6 nitrogen and oxygen atoms in total. The zero-order chi connectivity index (χ0) is 22.7. The Morgan fingerprint density at radius 2 is 1.66 bits per heavy atom. The number of hydrogen-bond donors (Lipinski definition) is 1. The summed E-state index contributed by atoms with van der Waals surface area (Å²) in [7, 11) is 0. The van der Waals surface area contributed by atoms with Crippen LogP contribution in [0.15, 0.2) is 65.7 Å². The summed E-state index contributed by atoms with van der Waals surface area (Å²) in [5, 5.41) is 9.56. The molecule has 32 heavy (non-hydrogen) atoms. The molecule has 0 saturated heterocycles. The predicted octanol–water partition coefficient (Wildman–Crippen LogP) is 5.05. The third-order valence-electron chi connectivity index (χ3n) is 4.79. The largest absolute Gasteiger partial charge is 0.351 e. The number of nitrogens with zero attached hydrogens (tertiary/aromatic N) is 4. The second kappa shape index (κ2) is 9.12. The molecule has 164 valence electrons. The van der Waals surface area contributed by atoms with Gasteiger partial charge in [0.2, 0.25) is 5.91 Å². The first-order valence-electron chi connectivity index (χ1n) is 10.7. The highest BCUT2D eigenvalue weighted by molar-refractivity contribution is 8.00. The average molecular weight is 446 g/mol. The lowest BCUT2D eigenvalue weighted by Gasteiger charge is -2.20. The molecule has 0 spiro atoms. The Labute approximate surface area is 192 Å². The number of nitrogens with one attached hydrogen (secondary N) is 1. The van der Waals surface area contributed by atoms with Gasteiger partial charge in [0.25, 0.3) is 0 Å². The van der Waals surface area contributed by atoms with Crippen LogP contribution in [-0.2, 0) is 11.2 Å². The maximum absolute atomic E-state index is 12.5. The van der Waals surface area contributed by atoms with Gasteiger partial charge in [-0.1, -0.05) is 67.2 Å². The molecule has 0 unspecified atom stereocenters. The summed E-state index contributed by atoms with van der Waals surface area (Å²) in [5.74, 6) is 0.873. The number of hydrogen-bond acceptors (Lipinski definition) is 5. The summed E-state index contributed by atoms with van der Waals surface area (Å²) in [6, 6.07) is 19.9. The minimum absolute atomic E-state index is 0.0241. The van der Waals surface area contributed by atoms with Gasteiger partial charge >= 0.3 is 0 Å². The summed E-state index contributed by atoms with van der Waals surface area (Å²) >= 11 is 1.43. The second-order valence-electron chi connectivity index (χ2n) is 8.55. The Morgan fingerprint density at radius 1 is 1.00 bits per heavy atom. The van der Waals surface area contributed by atoms with E-state index in [2.05, 4.69) is 12.2 Å². The average Bonchev–Trinajstić information content (AvgIpc) is 3.16. The molecule has 0 aliphatic rings. The Kier molecular flexibility index (Phi) is 6.28. The summed E-state index contributed by atoms with van der Waals surface area (Å²) in [4.78, 5) is 22.3. The highest BCUT2D eigenvalue weighted by Crippen LogP contribution is 2.32. The number of para-hydroxylation sites is 1. The Bertz CT molecular complexity index is 1230. The summed E-state index contributed by atoms with van der Waals surface area (Å²) in [6.07, 6.45) is 0.742. The smallest absolute Gasteiger partial charge is 0.230 e. The SMILES string of the molecule is CCc1nn(-c2ccccc2)c2nc(-c3ccccc3)nc(SCC(=O)NC(C)(C)C)c12. The van der Waals surface area contributed by atoms with E-state index in [1.54, 1.807) is 0 Å². The van der Waals surface area contributed by atoms with Crippen molar-refractivity contribution in [3.63, 3.8) is 0 Å². The molecule has 0 bridgehead atoms. The van der Waals surface area contributed by atoms with Gasteiger partial charge in [0.1, 0.15) is 5.03 Å². The van der Waals surface area contributed by atoms with Gasteiger partial charge in [-0.3, -0.25) is 4.79 Å². The van der Waals surface area contributed by atoms with Crippen LogP contribution in [0.25, 0.3) is 28.1 Å². The zero-order valence-electron chi connectivity index (χ0n) is 18.8.